The first-order valence-corrected chi connectivity index (χ1v) is 13.1. The Hall–Kier alpha value is -3.01. The van der Waals surface area contributed by atoms with Crippen LogP contribution in [0, 0.1) is 11.7 Å². The molecule has 0 saturated carbocycles. The van der Waals surface area contributed by atoms with E-state index in [2.05, 4.69) is 4.40 Å². The van der Waals surface area contributed by atoms with E-state index in [1.807, 2.05) is 0 Å². The number of carbonyl (C=O) groups is 2. The van der Waals surface area contributed by atoms with Gasteiger partial charge in [-0.2, -0.15) is 0 Å². The number of esters is 1. The fraction of sp³-hybridized carbons (Fsp3) is 0.458. The Kier molecular flexibility index (Phi) is 7.16. The second-order valence-corrected chi connectivity index (χ2v) is 10.4. The van der Waals surface area contributed by atoms with Crippen molar-refractivity contribution >= 4 is 27.7 Å². The van der Waals surface area contributed by atoms with Crippen LogP contribution in [0.25, 0.3) is 0 Å². The number of rotatable bonds is 6. The van der Waals surface area contributed by atoms with Crippen LogP contribution in [-0.4, -0.2) is 67.9 Å². The van der Waals surface area contributed by atoms with Crippen molar-refractivity contribution in [2.24, 2.45) is 10.3 Å². The summed E-state index contributed by atoms with van der Waals surface area (Å²) in [4.78, 5) is 28.8. The van der Waals surface area contributed by atoms with E-state index in [4.69, 9.17) is 4.74 Å². The average Bonchev–Trinajstić information content (AvgIpc) is 2.82. The summed E-state index contributed by atoms with van der Waals surface area (Å²) in [5.41, 5.74) is 1.38. The summed E-state index contributed by atoms with van der Waals surface area (Å²) in [5.74, 6) is -0.450. The first-order chi connectivity index (χ1) is 16.3. The molecule has 182 valence electrons. The van der Waals surface area contributed by atoms with Gasteiger partial charge in [-0.25, -0.2) is 12.8 Å². The van der Waals surface area contributed by atoms with E-state index in [0.717, 1.165) is 5.56 Å². The van der Waals surface area contributed by atoms with Crippen LogP contribution in [0.5, 0.6) is 0 Å². The third-order valence-corrected chi connectivity index (χ3v) is 7.62. The van der Waals surface area contributed by atoms with Crippen LogP contribution in [0.4, 0.5) is 4.39 Å². The summed E-state index contributed by atoms with van der Waals surface area (Å²) >= 11 is 0. The molecule has 1 amide bonds. The van der Waals surface area contributed by atoms with E-state index < -0.39 is 10.0 Å². The highest BCUT2D eigenvalue weighted by atomic mass is 32.2. The molecule has 3 aliphatic heterocycles. The van der Waals surface area contributed by atoms with E-state index in [1.165, 1.54) is 12.1 Å². The van der Waals surface area contributed by atoms with Crippen LogP contribution in [0.15, 0.2) is 52.6 Å². The highest BCUT2D eigenvalue weighted by molar-refractivity contribution is 7.90. The lowest BCUT2D eigenvalue weighted by molar-refractivity contribution is -0.144. The number of piperidine rings is 1. The zero-order chi connectivity index (χ0) is 24.3. The van der Waals surface area contributed by atoms with Gasteiger partial charge in [-0.1, -0.05) is 12.1 Å². The quantitative estimate of drug-likeness (QED) is 0.570. The van der Waals surface area contributed by atoms with Crippen molar-refractivity contribution in [3.05, 3.63) is 59.6 Å². The number of likely N-dealkylation sites (tertiary alicyclic amines) is 1. The molecule has 3 heterocycles. The maximum atomic E-state index is 13.4. The number of amidine groups is 1. The molecule has 1 unspecified atom stereocenters. The lowest BCUT2D eigenvalue weighted by Gasteiger charge is -2.37. The van der Waals surface area contributed by atoms with Gasteiger partial charge in [-0.3, -0.25) is 9.59 Å². The first-order valence-electron chi connectivity index (χ1n) is 11.5. The number of benzene rings is 1. The smallest absolute Gasteiger partial charge is 0.306 e. The van der Waals surface area contributed by atoms with E-state index in [1.54, 1.807) is 47.2 Å². The van der Waals surface area contributed by atoms with Crippen LogP contribution < -0.4 is 0 Å². The molecule has 1 fully saturated rings. The van der Waals surface area contributed by atoms with Gasteiger partial charge in [0.25, 0.3) is 15.9 Å². The molecule has 34 heavy (non-hydrogen) atoms. The van der Waals surface area contributed by atoms with Crippen LogP contribution in [-0.2, 0) is 24.3 Å². The van der Waals surface area contributed by atoms with Crippen LogP contribution in [0.2, 0.25) is 0 Å². The van der Waals surface area contributed by atoms with Gasteiger partial charge < -0.3 is 14.5 Å². The zero-order valence-corrected chi connectivity index (χ0v) is 19.8. The van der Waals surface area contributed by atoms with Crippen molar-refractivity contribution in [3.63, 3.8) is 0 Å². The van der Waals surface area contributed by atoms with Gasteiger partial charge in [0.2, 0.25) is 0 Å². The molecule has 1 aromatic carbocycles. The minimum atomic E-state index is -3.45. The monoisotopic (exact) mass is 489 g/mol. The van der Waals surface area contributed by atoms with E-state index in [9.17, 15) is 22.4 Å². The van der Waals surface area contributed by atoms with Crippen molar-refractivity contribution in [1.82, 2.24) is 9.80 Å². The molecule has 0 aromatic heterocycles. The molecular weight excluding hydrogens is 461 g/mol. The number of ether oxygens (including phenoxy) is 1. The lowest BCUT2D eigenvalue weighted by Crippen LogP contribution is -2.42. The third-order valence-electron chi connectivity index (χ3n) is 6.46. The molecule has 0 aliphatic carbocycles. The predicted octanol–water partition coefficient (Wildman–Crippen LogP) is 2.60. The Labute approximate surface area is 198 Å². The first kappa shape index (κ1) is 24.1. The normalized spacial score (nSPS) is 20.8. The Morgan fingerprint density at radius 3 is 2.53 bits per heavy atom. The number of nitrogens with zero attached hydrogens (tertiary/aromatic N) is 3. The fourth-order valence-electron chi connectivity index (χ4n) is 4.68. The third kappa shape index (κ3) is 5.55. The molecule has 0 bridgehead atoms. The Bertz CT molecular complexity index is 1140. The van der Waals surface area contributed by atoms with E-state index in [-0.39, 0.29) is 48.2 Å². The molecule has 8 nitrogen and oxygen atoms in total. The van der Waals surface area contributed by atoms with E-state index in [0.29, 0.717) is 43.9 Å². The molecule has 4 rings (SSSR count). The summed E-state index contributed by atoms with van der Waals surface area (Å²) < 4.78 is 45.7. The molecule has 0 N–H and O–H groups in total. The molecule has 1 atom stereocenters. The summed E-state index contributed by atoms with van der Waals surface area (Å²) in [7, 11) is -3.45. The number of hydrogen-bond acceptors (Lipinski definition) is 6. The van der Waals surface area contributed by atoms with Crippen LogP contribution in [0.3, 0.4) is 0 Å². The Morgan fingerprint density at radius 1 is 1.15 bits per heavy atom. The summed E-state index contributed by atoms with van der Waals surface area (Å²) in [6.07, 6.45) is 6.45. The number of sulfonamides is 1. The minimum Gasteiger partial charge on any atom is -0.466 e. The maximum Gasteiger partial charge on any atom is 0.306 e. The molecule has 0 radical (unpaired) electrons. The largest absolute Gasteiger partial charge is 0.466 e. The summed E-state index contributed by atoms with van der Waals surface area (Å²) in [5, 5.41) is 0. The Morgan fingerprint density at radius 2 is 1.85 bits per heavy atom. The molecule has 3 aliphatic rings. The second-order valence-electron chi connectivity index (χ2n) is 8.64. The van der Waals surface area contributed by atoms with Crippen LogP contribution >= 0.6 is 0 Å². The summed E-state index contributed by atoms with van der Waals surface area (Å²) in [6, 6.07) is 6.23. The molecule has 0 spiro atoms. The SMILES string of the molecule is CCOC(=O)CC(c1ccc(F)cc1)C1CCN(C(=O)C2=CN3CCS(=O)(=O)N=C3C=C2)CC1. The van der Waals surface area contributed by atoms with Gasteiger partial charge in [0.15, 0.2) is 0 Å². The number of carbonyl (C=O) groups excluding carboxylic acids is 2. The van der Waals surface area contributed by atoms with Crippen molar-refractivity contribution in [3.8, 4) is 0 Å². The molecule has 10 heteroatoms. The number of hydrogen-bond donors (Lipinski definition) is 0. The second kappa shape index (κ2) is 10.1. The van der Waals surface area contributed by atoms with E-state index >= 15 is 0 Å². The number of amides is 1. The van der Waals surface area contributed by atoms with Crippen molar-refractivity contribution < 1.29 is 27.1 Å². The molecule has 1 saturated heterocycles. The van der Waals surface area contributed by atoms with Crippen LogP contribution in [0.1, 0.15) is 37.7 Å². The number of halogens is 1. The molecular formula is C24H28FN3O5S. The summed E-state index contributed by atoms with van der Waals surface area (Å²) in [6.45, 7) is 3.40. The minimum absolute atomic E-state index is 0.0844. The van der Waals surface area contributed by atoms with Gasteiger partial charge in [0.05, 0.1) is 24.4 Å². The van der Waals surface area contributed by atoms with Gasteiger partial charge in [-0.15, -0.1) is 4.40 Å². The maximum absolute atomic E-state index is 13.4. The predicted molar refractivity (Wildman–Crippen MR) is 125 cm³/mol. The highest BCUT2D eigenvalue weighted by Gasteiger charge is 2.33. The number of fused-ring (bicyclic) bond motifs is 1. The fourth-order valence-corrected chi connectivity index (χ4v) is 5.65. The van der Waals surface area contributed by atoms with Gasteiger partial charge >= 0.3 is 5.97 Å². The van der Waals surface area contributed by atoms with Gasteiger partial charge in [0.1, 0.15) is 11.7 Å². The standard InChI is InChI=1S/C24H28FN3O5S/c1-2-33-23(29)15-21(17-3-6-20(25)7-4-17)18-9-11-27(12-10-18)24(30)19-5-8-22-26-34(31,32)14-13-28(22)16-19/h3-8,16,18,21H,2,9-15H2,1H3. The lowest BCUT2D eigenvalue weighted by atomic mass is 9.78. The highest BCUT2D eigenvalue weighted by Crippen LogP contribution is 2.36. The zero-order valence-electron chi connectivity index (χ0n) is 19.0. The van der Waals surface area contributed by atoms with Gasteiger partial charge in [0, 0.05) is 25.8 Å². The topological polar surface area (TPSA) is 96.4 Å². The molecule has 1 aromatic rings. The van der Waals surface area contributed by atoms with Gasteiger partial charge in [-0.05, 0) is 61.4 Å². The van der Waals surface area contributed by atoms with Crippen molar-refractivity contribution in [1.29, 1.82) is 0 Å². The Balaban J connectivity index is 1.42. The van der Waals surface area contributed by atoms with Crippen molar-refractivity contribution in [2.45, 2.75) is 32.1 Å². The van der Waals surface area contributed by atoms with Crippen molar-refractivity contribution in [2.75, 3.05) is 32.0 Å². The average molecular weight is 490 g/mol.